The van der Waals surface area contributed by atoms with Crippen molar-refractivity contribution in [2.45, 2.75) is 26.9 Å². The molecule has 0 saturated carbocycles. The molecule has 2 nitrogen and oxygen atoms in total. The van der Waals surface area contributed by atoms with Gasteiger partial charge in [-0.05, 0) is 38.6 Å². The maximum Gasteiger partial charge on any atom is 1.00 e. The maximum atomic E-state index is 5.82. The minimum absolute atomic E-state index is 0. The molecule has 0 N–H and O–H groups in total. The van der Waals surface area contributed by atoms with Gasteiger partial charge in [-0.1, -0.05) is 17.7 Å². The molecule has 2 aromatic carbocycles. The van der Waals surface area contributed by atoms with E-state index in [9.17, 15) is 0 Å². The summed E-state index contributed by atoms with van der Waals surface area (Å²) in [5.41, 5.74) is 3.06. The predicted molar refractivity (Wildman–Crippen MR) is 78.9 cm³/mol. The minimum atomic E-state index is 0. The van der Waals surface area contributed by atoms with Crippen molar-refractivity contribution < 1.29 is 23.6 Å². The molecular weight excluding hydrogens is 241 g/mol. The Hall–Kier alpha value is -1.49. The summed E-state index contributed by atoms with van der Waals surface area (Å²) in [6.45, 7) is 6.07. The fourth-order valence-corrected chi connectivity index (χ4v) is 1.65. The van der Waals surface area contributed by atoms with Gasteiger partial charge in [-0.3, -0.25) is 4.99 Å². The fourth-order valence-electron chi connectivity index (χ4n) is 1.65. The zero-order valence-electron chi connectivity index (χ0n) is 12.6. The third-order valence-corrected chi connectivity index (χ3v) is 2.57. The van der Waals surface area contributed by atoms with Crippen molar-refractivity contribution in [1.82, 2.24) is 0 Å². The Morgan fingerprint density at radius 3 is 2.40 bits per heavy atom. The molecule has 0 bridgehead atoms. The number of nitrogens with zero attached hydrogens (tertiary/aromatic N) is 1. The van der Waals surface area contributed by atoms with Crippen LogP contribution in [-0.4, -0.2) is 12.0 Å². The predicted octanol–water partition coefficient (Wildman–Crippen LogP) is 1.30. The van der Waals surface area contributed by atoms with E-state index in [1.807, 2.05) is 50.2 Å². The summed E-state index contributed by atoms with van der Waals surface area (Å²) < 4.78 is 5.82. The molecule has 20 heavy (non-hydrogen) atoms. The van der Waals surface area contributed by atoms with Crippen LogP contribution in [0.2, 0.25) is 0 Å². The van der Waals surface area contributed by atoms with Crippen LogP contribution in [0.5, 0.6) is 0 Å². The molecular formula is C17H18LiNO. The van der Waals surface area contributed by atoms with Gasteiger partial charge < -0.3 is 4.74 Å². The molecule has 0 unspecified atom stereocenters. The van der Waals surface area contributed by atoms with Gasteiger partial charge in [-0.25, -0.2) is 0 Å². The summed E-state index contributed by atoms with van der Waals surface area (Å²) in [6, 6.07) is 18.8. The molecule has 2 aromatic rings. The number of ether oxygens (including phenoxy) is 1. The molecule has 0 heterocycles. The van der Waals surface area contributed by atoms with Crippen LogP contribution in [0.15, 0.2) is 53.5 Å². The summed E-state index contributed by atoms with van der Waals surface area (Å²) in [5, 5.41) is 0. The summed E-state index contributed by atoms with van der Waals surface area (Å²) in [4.78, 5) is 4.56. The number of hydrogen-bond donors (Lipinski definition) is 0. The Bertz CT molecular complexity index is 547. The fraction of sp³-hybridized carbons (Fsp3) is 0.235. The van der Waals surface area contributed by atoms with Gasteiger partial charge in [-0.2, -0.15) is 24.3 Å². The molecule has 3 heteroatoms. The average molecular weight is 259 g/mol. The maximum absolute atomic E-state index is 5.82. The Kier molecular flexibility index (Phi) is 6.58. The van der Waals surface area contributed by atoms with Crippen molar-refractivity contribution in [1.29, 1.82) is 0 Å². The van der Waals surface area contributed by atoms with Crippen LogP contribution in [0.1, 0.15) is 25.0 Å². The van der Waals surface area contributed by atoms with E-state index in [4.69, 9.17) is 4.74 Å². The smallest absolute Gasteiger partial charge is 0.475 e. The Balaban J connectivity index is 0.00000200. The van der Waals surface area contributed by atoms with Crippen LogP contribution in [-0.2, 0) is 4.74 Å². The second-order valence-electron chi connectivity index (χ2n) is 4.71. The number of benzene rings is 2. The summed E-state index contributed by atoms with van der Waals surface area (Å²) >= 11 is 0. The first-order chi connectivity index (χ1) is 9.15. The number of hydrogen-bond acceptors (Lipinski definition) is 2. The quantitative estimate of drug-likeness (QED) is 0.352. The minimum Gasteiger partial charge on any atom is -0.475 e. The molecule has 0 spiro atoms. The van der Waals surface area contributed by atoms with Crippen LogP contribution < -0.4 is 18.9 Å². The topological polar surface area (TPSA) is 21.6 Å². The summed E-state index contributed by atoms with van der Waals surface area (Å²) in [5.74, 6) is 0.648. The van der Waals surface area contributed by atoms with Gasteiger partial charge in [0, 0.05) is 5.56 Å². The van der Waals surface area contributed by atoms with E-state index in [-0.39, 0.29) is 25.0 Å². The first-order valence-electron chi connectivity index (χ1n) is 6.43. The van der Waals surface area contributed by atoms with Crippen molar-refractivity contribution >= 4 is 11.6 Å². The molecule has 0 amide bonds. The molecule has 2 rings (SSSR count). The number of rotatable bonds is 3. The average Bonchev–Trinajstić information content (AvgIpc) is 2.39. The molecule has 0 aliphatic rings. The Morgan fingerprint density at radius 1 is 1.15 bits per heavy atom. The zero-order chi connectivity index (χ0) is 13.7. The largest absolute Gasteiger partial charge is 1.00 e. The van der Waals surface area contributed by atoms with Crippen LogP contribution in [0.4, 0.5) is 5.69 Å². The molecule has 0 atom stereocenters. The Labute approximate surface area is 133 Å². The van der Waals surface area contributed by atoms with Crippen molar-refractivity contribution in [3.63, 3.8) is 0 Å². The molecule has 98 valence electrons. The molecule has 0 fully saturated rings. The summed E-state index contributed by atoms with van der Waals surface area (Å²) in [6.07, 6.45) is 0.0905. The van der Waals surface area contributed by atoms with E-state index in [1.165, 1.54) is 5.56 Å². The van der Waals surface area contributed by atoms with Crippen LogP contribution >= 0.6 is 0 Å². The van der Waals surface area contributed by atoms with Crippen molar-refractivity contribution in [2.24, 2.45) is 4.99 Å². The molecule has 0 aliphatic heterocycles. The first-order valence-corrected chi connectivity index (χ1v) is 6.43. The van der Waals surface area contributed by atoms with Gasteiger partial charge in [0.2, 0.25) is 5.90 Å². The van der Waals surface area contributed by atoms with Crippen molar-refractivity contribution in [3.05, 3.63) is 65.7 Å². The van der Waals surface area contributed by atoms with Crippen molar-refractivity contribution in [3.8, 4) is 0 Å². The molecule has 0 radical (unpaired) electrons. The third-order valence-electron chi connectivity index (χ3n) is 2.57. The van der Waals surface area contributed by atoms with E-state index in [1.54, 1.807) is 0 Å². The number of aliphatic imine (C=N–C) groups is 1. The van der Waals surface area contributed by atoms with Crippen LogP contribution in [0, 0.1) is 13.0 Å². The summed E-state index contributed by atoms with van der Waals surface area (Å²) in [7, 11) is 0. The molecule has 0 saturated heterocycles. The van der Waals surface area contributed by atoms with Gasteiger partial charge >= 0.3 is 18.9 Å². The van der Waals surface area contributed by atoms with Gasteiger partial charge in [0.15, 0.2) is 0 Å². The van der Waals surface area contributed by atoms with Crippen LogP contribution in [0.25, 0.3) is 0 Å². The standard InChI is InChI=1S/C17H18NO.Li/c1-13(2)19-17(15-11-9-14(3)10-12-15)18-16-7-5-4-6-8-16;/h4-5,7-13H,1-3H3;/q-1;+1. The third kappa shape index (κ3) is 4.88. The second kappa shape index (κ2) is 7.94. The monoisotopic (exact) mass is 259 g/mol. The van der Waals surface area contributed by atoms with E-state index >= 15 is 0 Å². The van der Waals surface area contributed by atoms with E-state index < -0.39 is 0 Å². The van der Waals surface area contributed by atoms with Crippen LogP contribution in [0.3, 0.4) is 0 Å². The SMILES string of the molecule is Cc1ccc(C(=Nc2c[c-]ccc2)OC(C)C)cc1.[Li+]. The second-order valence-corrected chi connectivity index (χ2v) is 4.71. The normalized spacial score (nSPS) is 11.1. The van der Waals surface area contributed by atoms with Gasteiger partial charge in [-0.15, -0.1) is 6.07 Å². The van der Waals surface area contributed by atoms with Gasteiger partial charge in [0.25, 0.3) is 0 Å². The molecule has 0 aliphatic carbocycles. The Morgan fingerprint density at radius 2 is 1.85 bits per heavy atom. The van der Waals surface area contributed by atoms with E-state index in [0.29, 0.717) is 5.90 Å². The first kappa shape index (κ1) is 16.6. The van der Waals surface area contributed by atoms with E-state index in [0.717, 1.165) is 11.3 Å². The van der Waals surface area contributed by atoms with Gasteiger partial charge in [0.05, 0.1) is 6.10 Å². The van der Waals surface area contributed by atoms with E-state index in [2.05, 4.69) is 30.1 Å². The molecule has 0 aromatic heterocycles. The number of aryl methyl sites for hydroxylation is 1. The zero-order valence-corrected chi connectivity index (χ0v) is 12.6. The van der Waals surface area contributed by atoms with Crippen molar-refractivity contribution in [2.75, 3.05) is 0 Å². The van der Waals surface area contributed by atoms with Gasteiger partial charge in [0.1, 0.15) is 0 Å².